The molecule has 0 spiro atoms. The van der Waals surface area contributed by atoms with Crippen molar-refractivity contribution in [3.63, 3.8) is 0 Å². The maximum atomic E-state index is 12.0. The number of nitrogens with one attached hydrogen (secondary N) is 1. The fraction of sp³-hybridized carbons (Fsp3) is 0.467. The van der Waals surface area contributed by atoms with E-state index in [2.05, 4.69) is 10.5 Å². The van der Waals surface area contributed by atoms with Crippen molar-refractivity contribution in [2.45, 2.75) is 40.5 Å². The summed E-state index contributed by atoms with van der Waals surface area (Å²) in [6, 6.07) is 1.76. The minimum Gasteiger partial charge on any atom is -0.466 e. The average molecular weight is 276 g/mol. The summed E-state index contributed by atoms with van der Waals surface area (Å²) < 4.78 is 10.5. The molecule has 108 valence electrons. The van der Waals surface area contributed by atoms with E-state index in [1.807, 2.05) is 20.8 Å². The molecule has 0 radical (unpaired) electrons. The van der Waals surface area contributed by atoms with Crippen LogP contribution in [0, 0.1) is 27.7 Å². The molecule has 5 heteroatoms. The van der Waals surface area contributed by atoms with Gasteiger partial charge in [-0.2, -0.15) is 0 Å². The van der Waals surface area contributed by atoms with Gasteiger partial charge in [0.1, 0.15) is 17.3 Å². The van der Waals surface area contributed by atoms with Crippen molar-refractivity contribution in [2.75, 3.05) is 6.54 Å². The molecule has 0 aliphatic heterocycles. The molecule has 0 bridgehead atoms. The summed E-state index contributed by atoms with van der Waals surface area (Å²) in [6.45, 7) is 8.09. The average Bonchev–Trinajstić information content (AvgIpc) is 2.89. The number of hydrogen-bond donors (Lipinski definition) is 1. The molecule has 0 fully saturated rings. The minimum absolute atomic E-state index is 0.0851. The quantitative estimate of drug-likeness (QED) is 0.853. The van der Waals surface area contributed by atoms with E-state index in [4.69, 9.17) is 8.94 Å². The highest BCUT2D eigenvalue weighted by Crippen LogP contribution is 2.15. The maximum absolute atomic E-state index is 12.0. The zero-order valence-electron chi connectivity index (χ0n) is 12.4. The summed E-state index contributed by atoms with van der Waals surface area (Å²) in [5.74, 6) is 2.18. The Morgan fingerprint density at radius 1 is 1.25 bits per heavy atom. The number of aryl methyl sites for hydroxylation is 4. The van der Waals surface area contributed by atoms with Crippen LogP contribution < -0.4 is 5.32 Å². The number of nitrogens with zero attached hydrogens (tertiary/aromatic N) is 1. The Bertz CT molecular complexity index is 591. The second kappa shape index (κ2) is 5.94. The molecule has 0 aliphatic rings. The minimum atomic E-state index is -0.0851. The van der Waals surface area contributed by atoms with Crippen LogP contribution in [0.3, 0.4) is 0 Å². The lowest BCUT2D eigenvalue weighted by Crippen LogP contribution is -2.25. The van der Waals surface area contributed by atoms with Crippen molar-refractivity contribution < 1.29 is 13.7 Å². The number of rotatable bonds is 5. The molecule has 2 aromatic heterocycles. The molecule has 0 aliphatic carbocycles. The SMILES string of the molecule is Cc1cc(C(=O)NCCCc2c(C)noc2C)c(C)o1. The largest absolute Gasteiger partial charge is 0.466 e. The highest BCUT2D eigenvalue weighted by molar-refractivity contribution is 5.95. The molecular formula is C15H20N2O3. The topological polar surface area (TPSA) is 68.3 Å². The van der Waals surface area contributed by atoms with Crippen molar-refractivity contribution >= 4 is 5.91 Å². The first kappa shape index (κ1) is 14.4. The molecule has 1 amide bonds. The van der Waals surface area contributed by atoms with Crippen LogP contribution in [0.25, 0.3) is 0 Å². The van der Waals surface area contributed by atoms with Gasteiger partial charge in [0.25, 0.3) is 5.91 Å². The second-order valence-electron chi connectivity index (χ2n) is 4.99. The smallest absolute Gasteiger partial charge is 0.254 e. The summed E-state index contributed by atoms with van der Waals surface area (Å²) in [5, 5.41) is 6.82. The molecule has 20 heavy (non-hydrogen) atoms. The van der Waals surface area contributed by atoms with Gasteiger partial charge in [0.15, 0.2) is 0 Å². The normalized spacial score (nSPS) is 10.8. The summed E-state index contributed by atoms with van der Waals surface area (Å²) in [4.78, 5) is 12.0. The monoisotopic (exact) mass is 276 g/mol. The van der Waals surface area contributed by atoms with Crippen LogP contribution in [0.15, 0.2) is 15.0 Å². The van der Waals surface area contributed by atoms with E-state index < -0.39 is 0 Å². The fourth-order valence-corrected chi connectivity index (χ4v) is 2.28. The lowest BCUT2D eigenvalue weighted by molar-refractivity contribution is 0.0951. The Balaban J connectivity index is 1.82. The molecule has 0 saturated carbocycles. The number of carbonyl (C=O) groups excluding carboxylic acids is 1. The second-order valence-corrected chi connectivity index (χ2v) is 4.99. The third-order valence-corrected chi connectivity index (χ3v) is 3.36. The summed E-state index contributed by atoms with van der Waals surface area (Å²) in [7, 11) is 0. The molecule has 0 saturated heterocycles. The van der Waals surface area contributed by atoms with E-state index in [-0.39, 0.29) is 5.91 Å². The summed E-state index contributed by atoms with van der Waals surface area (Å²) >= 11 is 0. The third kappa shape index (κ3) is 3.10. The molecule has 2 heterocycles. The van der Waals surface area contributed by atoms with Crippen LogP contribution in [-0.2, 0) is 6.42 Å². The van der Waals surface area contributed by atoms with Gasteiger partial charge in [-0.15, -0.1) is 0 Å². The van der Waals surface area contributed by atoms with E-state index in [0.717, 1.165) is 35.6 Å². The van der Waals surface area contributed by atoms with Gasteiger partial charge in [0.2, 0.25) is 0 Å². The maximum Gasteiger partial charge on any atom is 0.254 e. The van der Waals surface area contributed by atoms with Crippen molar-refractivity contribution in [1.29, 1.82) is 0 Å². The fourth-order valence-electron chi connectivity index (χ4n) is 2.28. The van der Waals surface area contributed by atoms with Crippen molar-refractivity contribution in [3.05, 3.63) is 40.2 Å². The standard InChI is InChI=1S/C15H20N2O3/c1-9-8-14(11(3)19-9)15(18)16-7-5-6-13-10(2)17-20-12(13)4/h8H,5-7H2,1-4H3,(H,16,18). The van der Waals surface area contributed by atoms with Gasteiger partial charge in [0.05, 0.1) is 11.3 Å². The molecule has 0 aromatic carbocycles. The van der Waals surface area contributed by atoms with E-state index >= 15 is 0 Å². The molecule has 0 atom stereocenters. The molecular weight excluding hydrogens is 256 g/mol. The molecule has 2 aromatic rings. The Morgan fingerprint density at radius 2 is 2.00 bits per heavy atom. The highest BCUT2D eigenvalue weighted by atomic mass is 16.5. The first-order valence-electron chi connectivity index (χ1n) is 6.76. The Hall–Kier alpha value is -2.04. The van der Waals surface area contributed by atoms with Crippen molar-refractivity contribution in [3.8, 4) is 0 Å². The van der Waals surface area contributed by atoms with Crippen LogP contribution in [0.4, 0.5) is 0 Å². The lowest BCUT2D eigenvalue weighted by atomic mass is 10.1. The summed E-state index contributed by atoms with van der Waals surface area (Å²) in [5.41, 5.74) is 2.67. The van der Waals surface area contributed by atoms with Gasteiger partial charge < -0.3 is 14.3 Å². The zero-order chi connectivity index (χ0) is 14.7. The molecule has 1 N–H and O–H groups in total. The predicted molar refractivity (Wildman–Crippen MR) is 74.8 cm³/mol. The number of carbonyl (C=O) groups is 1. The summed E-state index contributed by atoms with van der Waals surface area (Å²) in [6.07, 6.45) is 1.70. The van der Waals surface area contributed by atoms with Crippen LogP contribution in [0.2, 0.25) is 0 Å². The number of furan rings is 1. The zero-order valence-corrected chi connectivity index (χ0v) is 12.4. The molecule has 2 rings (SSSR count). The van der Waals surface area contributed by atoms with Crippen molar-refractivity contribution in [1.82, 2.24) is 10.5 Å². The lowest BCUT2D eigenvalue weighted by Gasteiger charge is -2.04. The van der Waals surface area contributed by atoms with Gasteiger partial charge in [-0.1, -0.05) is 5.16 Å². The third-order valence-electron chi connectivity index (χ3n) is 3.36. The Morgan fingerprint density at radius 3 is 2.55 bits per heavy atom. The van der Waals surface area contributed by atoms with Gasteiger partial charge in [-0.3, -0.25) is 4.79 Å². The van der Waals surface area contributed by atoms with Crippen LogP contribution >= 0.6 is 0 Å². The number of hydrogen-bond acceptors (Lipinski definition) is 4. The van der Waals surface area contributed by atoms with E-state index in [1.165, 1.54) is 0 Å². The molecule has 0 unspecified atom stereocenters. The predicted octanol–water partition coefficient (Wildman–Crippen LogP) is 2.86. The first-order valence-corrected chi connectivity index (χ1v) is 6.76. The van der Waals surface area contributed by atoms with E-state index in [0.29, 0.717) is 17.9 Å². The first-order chi connectivity index (χ1) is 9.49. The highest BCUT2D eigenvalue weighted by Gasteiger charge is 2.13. The van der Waals surface area contributed by atoms with Gasteiger partial charge >= 0.3 is 0 Å². The number of aromatic nitrogens is 1. The Labute approximate surface area is 118 Å². The Kier molecular flexibility index (Phi) is 4.27. The number of amides is 1. The van der Waals surface area contributed by atoms with Crippen molar-refractivity contribution in [2.24, 2.45) is 0 Å². The van der Waals surface area contributed by atoms with Crippen LogP contribution in [0.1, 0.15) is 45.3 Å². The van der Waals surface area contributed by atoms with Gasteiger partial charge in [-0.25, -0.2) is 0 Å². The van der Waals surface area contributed by atoms with E-state index in [9.17, 15) is 4.79 Å². The van der Waals surface area contributed by atoms with Crippen LogP contribution in [0.5, 0.6) is 0 Å². The van der Waals surface area contributed by atoms with Gasteiger partial charge in [0, 0.05) is 12.1 Å². The van der Waals surface area contributed by atoms with E-state index in [1.54, 1.807) is 13.0 Å². The van der Waals surface area contributed by atoms with Gasteiger partial charge in [-0.05, 0) is 46.6 Å². The molecule has 5 nitrogen and oxygen atoms in total. The van der Waals surface area contributed by atoms with Crippen LogP contribution in [-0.4, -0.2) is 17.6 Å².